The van der Waals surface area contributed by atoms with Gasteiger partial charge in [-0.15, -0.1) is 0 Å². The zero-order chi connectivity index (χ0) is 16.0. The van der Waals surface area contributed by atoms with E-state index >= 15 is 0 Å². The summed E-state index contributed by atoms with van der Waals surface area (Å²) in [7, 11) is 0. The number of anilines is 1. The molecule has 0 bridgehead atoms. The van der Waals surface area contributed by atoms with Gasteiger partial charge in [0, 0.05) is 18.5 Å². The number of aliphatic carboxylic acids is 1. The van der Waals surface area contributed by atoms with Crippen molar-refractivity contribution >= 4 is 17.6 Å². The highest BCUT2D eigenvalue weighted by atomic mass is 19.1. The van der Waals surface area contributed by atoms with Crippen molar-refractivity contribution in [2.24, 2.45) is 11.8 Å². The number of nitrogens with one attached hydrogen (secondary N) is 1. The van der Waals surface area contributed by atoms with Gasteiger partial charge in [0.05, 0.1) is 5.69 Å². The molecule has 1 aromatic rings. The normalized spacial score (nSPS) is 12.2. The molecule has 0 spiro atoms. The molecule has 0 heterocycles. The Labute approximate surface area is 123 Å². The lowest BCUT2D eigenvalue weighted by Crippen LogP contribution is -2.31. The molecule has 0 aliphatic carbocycles. The van der Waals surface area contributed by atoms with Crippen LogP contribution >= 0.6 is 0 Å². The Balaban J connectivity index is 2.63. The standard InChI is InChI=1S/C15H21FN2O3/c1-9(2)5-10(6-14(19)20)8-18-15(21)11-3-4-13(17)12(16)7-11/h3-4,7,9-10H,5-6,8,17H2,1-2H3,(H,18,21)(H,19,20)/t10-/m0/s1. The van der Waals surface area contributed by atoms with Crippen LogP contribution in [0.5, 0.6) is 0 Å². The number of carbonyl (C=O) groups is 2. The Hall–Kier alpha value is -2.11. The number of carboxylic acid groups (broad SMARTS) is 1. The van der Waals surface area contributed by atoms with Crippen molar-refractivity contribution in [3.05, 3.63) is 29.6 Å². The lowest BCUT2D eigenvalue weighted by atomic mass is 9.94. The van der Waals surface area contributed by atoms with Gasteiger partial charge in [-0.25, -0.2) is 4.39 Å². The molecular weight excluding hydrogens is 275 g/mol. The van der Waals surface area contributed by atoms with E-state index in [9.17, 15) is 14.0 Å². The van der Waals surface area contributed by atoms with Gasteiger partial charge in [-0.3, -0.25) is 9.59 Å². The molecule has 6 heteroatoms. The Morgan fingerprint density at radius 1 is 1.38 bits per heavy atom. The predicted molar refractivity (Wildman–Crippen MR) is 78.3 cm³/mol. The van der Waals surface area contributed by atoms with E-state index in [0.29, 0.717) is 12.3 Å². The van der Waals surface area contributed by atoms with E-state index in [1.165, 1.54) is 12.1 Å². The second-order valence-electron chi connectivity index (χ2n) is 5.54. The van der Waals surface area contributed by atoms with Crippen LogP contribution in [0.3, 0.4) is 0 Å². The van der Waals surface area contributed by atoms with Gasteiger partial charge < -0.3 is 16.2 Å². The van der Waals surface area contributed by atoms with Crippen molar-refractivity contribution in [2.75, 3.05) is 12.3 Å². The number of nitrogens with two attached hydrogens (primary N) is 1. The number of hydrogen-bond donors (Lipinski definition) is 3. The lowest BCUT2D eigenvalue weighted by molar-refractivity contribution is -0.138. The molecule has 0 aromatic heterocycles. The summed E-state index contributed by atoms with van der Waals surface area (Å²) in [5.74, 6) is -1.79. The van der Waals surface area contributed by atoms with Crippen molar-refractivity contribution in [1.82, 2.24) is 5.32 Å². The average Bonchev–Trinajstić information content (AvgIpc) is 2.37. The SMILES string of the molecule is CC(C)C[C@H](CNC(=O)c1ccc(N)c(F)c1)CC(=O)O. The number of amides is 1. The molecule has 4 N–H and O–H groups in total. The first-order chi connectivity index (χ1) is 9.79. The van der Waals surface area contributed by atoms with Gasteiger partial charge >= 0.3 is 5.97 Å². The summed E-state index contributed by atoms with van der Waals surface area (Å²) < 4.78 is 13.3. The summed E-state index contributed by atoms with van der Waals surface area (Å²) in [6.07, 6.45) is 0.692. The van der Waals surface area contributed by atoms with Crippen LogP contribution in [0, 0.1) is 17.7 Å². The number of nitrogen functional groups attached to an aromatic ring is 1. The molecule has 0 aliphatic rings. The average molecular weight is 296 g/mol. The molecule has 1 rings (SSSR count). The summed E-state index contributed by atoms with van der Waals surface area (Å²) in [6, 6.07) is 3.83. The van der Waals surface area contributed by atoms with E-state index in [4.69, 9.17) is 10.8 Å². The molecule has 0 aliphatic heterocycles. The monoisotopic (exact) mass is 296 g/mol. The minimum atomic E-state index is -0.895. The number of hydrogen-bond acceptors (Lipinski definition) is 3. The Bertz CT molecular complexity index is 518. The Kier molecular flexibility index (Phi) is 6.14. The summed E-state index contributed by atoms with van der Waals surface area (Å²) in [4.78, 5) is 22.7. The zero-order valence-electron chi connectivity index (χ0n) is 12.2. The molecule has 21 heavy (non-hydrogen) atoms. The summed E-state index contributed by atoms with van der Waals surface area (Å²) in [5.41, 5.74) is 5.50. The maximum absolute atomic E-state index is 13.3. The van der Waals surface area contributed by atoms with Crippen molar-refractivity contribution in [3.63, 3.8) is 0 Å². The highest BCUT2D eigenvalue weighted by molar-refractivity contribution is 5.94. The van der Waals surface area contributed by atoms with Crippen LogP contribution in [0.25, 0.3) is 0 Å². The van der Waals surface area contributed by atoms with Gasteiger partial charge in [0.15, 0.2) is 0 Å². The van der Waals surface area contributed by atoms with Crippen LogP contribution in [0.2, 0.25) is 0 Å². The van der Waals surface area contributed by atoms with Gasteiger partial charge in [-0.05, 0) is 36.5 Å². The van der Waals surface area contributed by atoms with E-state index in [0.717, 1.165) is 6.07 Å². The van der Waals surface area contributed by atoms with Crippen LogP contribution in [-0.2, 0) is 4.79 Å². The van der Waals surface area contributed by atoms with Gasteiger partial charge in [-0.1, -0.05) is 13.8 Å². The molecule has 0 radical (unpaired) electrons. The Morgan fingerprint density at radius 3 is 2.57 bits per heavy atom. The largest absolute Gasteiger partial charge is 0.481 e. The van der Waals surface area contributed by atoms with Gasteiger partial charge in [0.1, 0.15) is 5.82 Å². The van der Waals surface area contributed by atoms with E-state index in [1.54, 1.807) is 0 Å². The molecule has 0 saturated carbocycles. The minimum absolute atomic E-state index is 0.00540. The number of rotatable bonds is 7. The number of benzene rings is 1. The second kappa shape index (κ2) is 7.61. The van der Waals surface area contributed by atoms with Crippen molar-refractivity contribution < 1.29 is 19.1 Å². The van der Waals surface area contributed by atoms with Gasteiger partial charge in [-0.2, -0.15) is 0 Å². The van der Waals surface area contributed by atoms with E-state index < -0.39 is 17.7 Å². The third-order valence-corrected chi connectivity index (χ3v) is 3.08. The maximum Gasteiger partial charge on any atom is 0.303 e. The summed E-state index contributed by atoms with van der Waals surface area (Å²) >= 11 is 0. The molecular formula is C15H21FN2O3. The fourth-order valence-electron chi connectivity index (χ4n) is 2.16. The first-order valence-corrected chi connectivity index (χ1v) is 6.84. The molecule has 1 atom stereocenters. The van der Waals surface area contributed by atoms with Crippen LogP contribution in [0.15, 0.2) is 18.2 Å². The molecule has 1 aromatic carbocycles. The predicted octanol–water partition coefficient (Wildman–Crippen LogP) is 2.27. The Morgan fingerprint density at radius 2 is 2.05 bits per heavy atom. The highest BCUT2D eigenvalue weighted by Crippen LogP contribution is 2.16. The van der Waals surface area contributed by atoms with Crippen LogP contribution in [0.1, 0.15) is 37.0 Å². The fraction of sp³-hybridized carbons (Fsp3) is 0.467. The third kappa shape index (κ3) is 5.81. The molecule has 0 fully saturated rings. The van der Waals surface area contributed by atoms with Crippen molar-refractivity contribution in [1.29, 1.82) is 0 Å². The number of carbonyl (C=O) groups excluding carboxylic acids is 1. The molecule has 0 unspecified atom stereocenters. The van der Waals surface area contributed by atoms with Crippen LogP contribution in [0.4, 0.5) is 10.1 Å². The molecule has 1 amide bonds. The highest BCUT2D eigenvalue weighted by Gasteiger charge is 2.17. The quantitative estimate of drug-likeness (QED) is 0.673. The third-order valence-electron chi connectivity index (χ3n) is 3.08. The molecule has 0 saturated heterocycles. The second-order valence-corrected chi connectivity index (χ2v) is 5.54. The fourth-order valence-corrected chi connectivity index (χ4v) is 2.16. The van der Waals surface area contributed by atoms with E-state index in [2.05, 4.69) is 5.32 Å². The molecule has 5 nitrogen and oxygen atoms in total. The summed E-state index contributed by atoms with van der Waals surface area (Å²) in [6.45, 7) is 4.23. The lowest BCUT2D eigenvalue weighted by Gasteiger charge is -2.17. The first kappa shape index (κ1) is 16.9. The number of carboxylic acids is 1. The van der Waals surface area contributed by atoms with E-state index in [-0.39, 0.29) is 30.1 Å². The number of halogens is 1. The van der Waals surface area contributed by atoms with E-state index in [1.807, 2.05) is 13.8 Å². The maximum atomic E-state index is 13.3. The zero-order valence-corrected chi connectivity index (χ0v) is 12.2. The van der Waals surface area contributed by atoms with Crippen LogP contribution < -0.4 is 11.1 Å². The van der Waals surface area contributed by atoms with Crippen LogP contribution in [-0.4, -0.2) is 23.5 Å². The van der Waals surface area contributed by atoms with Gasteiger partial charge in [0.2, 0.25) is 0 Å². The smallest absolute Gasteiger partial charge is 0.303 e. The molecule has 116 valence electrons. The topological polar surface area (TPSA) is 92.4 Å². The van der Waals surface area contributed by atoms with Gasteiger partial charge in [0.25, 0.3) is 5.91 Å². The minimum Gasteiger partial charge on any atom is -0.481 e. The summed E-state index contributed by atoms with van der Waals surface area (Å²) in [5, 5.41) is 11.5. The van der Waals surface area contributed by atoms with Crippen molar-refractivity contribution in [2.45, 2.75) is 26.7 Å². The first-order valence-electron chi connectivity index (χ1n) is 6.84. The van der Waals surface area contributed by atoms with Crippen molar-refractivity contribution in [3.8, 4) is 0 Å².